The van der Waals surface area contributed by atoms with Gasteiger partial charge < -0.3 is 4.90 Å². The standard InChI is InChI=1S/C53H47N/c1-52(2)48-20-8-6-16-44(48)47-31-42(26-27-49(47)52)54(41-24-22-40(23-25-41)53-32-35-28-36(33-53)30-37(29-35)34-53)50-21-9-7-17-45(50)46-19-11-15-39-14-10-18-43(51(39)46)38-12-4-3-5-13-38/h3-27,31,35-37H,28-30,32-34H2,1-2H3. The molecule has 0 amide bonds. The maximum Gasteiger partial charge on any atom is 0.0540 e. The number of hydrogen-bond acceptors (Lipinski definition) is 1. The van der Waals surface area contributed by atoms with Gasteiger partial charge in [-0.2, -0.15) is 0 Å². The topological polar surface area (TPSA) is 3.24 Å². The molecule has 0 heterocycles. The maximum atomic E-state index is 2.54. The van der Waals surface area contributed by atoms with E-state index in [0.29, 0.717) is 5.41 Å². The van der Waals surface area contributed by atoms with Crippen molar-refractivity contribution in [2.75, 3.05) is 4.90 Å². The highest BCUT2D eigenvalue weighted by atomic mass is 15.1. The van der Waals surface area contributed by atoms with Crippen molar-refractivity contribution in [3.63, 3.8) is 0 Å². The molecule has 7 aromatic rings. The van der Waals surface area contributed by atoms with E-state index in [2.05, 4.69) is 176 Å². The van der Waals surface area contributed by atoms with Crippen LogP contribution in [0.1, 0.15) is 69.1 Å². The van der Waals surface area contributed by atoms with Crippen LogP contribution in [0.2, 0.25) is 0 Å². The van der Waals surface area contributed by atoms with Crippen molar-refractivity contribution in [2.45, 2.75) is 63.2 Å². The molecular weight excluding hydrogens is 651 g/mol. The van der Waals surface area contributed by atoms with Crippen LogP contribution in [0.15, 0.2) is 158 Å². The Morgan fingerprint density at radius 1 is 0.463 bits per heavy atom. The molecule has 0 aromatic heterocycles. The van der Waals surface area contributed by atoms with E-state index in [4.69, 9.17) is 0 Å². The van der Waals surface area contributed by atoms with Crippen molar-refractivity contribution in [2.24, 2.45) is 17.8 Å². The van der Waals surface area contributed by atoms with Crippen molar-refractivity contribution in [3.8, 4) is 33.4 Å². The number of hydrogen-bond donors (Lipinski definition) is 0. The summed E-state index contributed by atoms with van der Waals surface area (Å²) < 4.78 is 0. The van der Waals surface area contributed by atoms with Crippen LogP contribution >= 0.6 is 0 Å². The summed E-state index contributed by atoms with van der Waals surface area (Å²) >= 11 is 0. The predicted octanol–water partition coefficient (Wildman–Crippen LogP) is 14.4. The van der Waals surface area contributed by atoms with Crippen LogP contribution in [-0.4, -0.2) is 0 Å². The second kappa shape index (κ2) is 12.1. The SMILES string of the molecule is CC1(C)c2ccccc2-c2cc(N(c3ccc(C45CC6CC(CC(C6)C4)C5)cc3)c3ccccc3-c3cccc4cccc(-c5ccccc5)c34)ccc21. The minimum Gasteiger partial charge on any atom is -0.310 e. The molecule has 1 heteroatoms. The first kappa shape index (κ1) is 32.1. The van der Waals surface area contributed by atoms with Gasteiger partial charge >= 0.3 is 0 Å². The molecule has 0 atom stereocenters. The van der Waals surface area contributed by atoms with Crippen LogP contribution in [0.25, 0.3) is 44.2 Å². The first-order valence-corrected chi connectivity index (χ1v) is 20.3. The minimum atomic E-state index is -0.0382. The number of para-hydroxylation sites is 1. The van der Waals surface area contributed by atoms with Crippen LogP contribution in [0.3, 0.4) is 0 Å². The van der Waals surface area contributed by atoms with Crippen molar-refractivity contribution >= 4 is 27.8 Å². The Morgan fingerprint density at radius 2 is 1.04 bits per heavy atom. The Bertz CT molecular complexity index is 2520. The van der Waals surface area contributed by atoms with E-state index < -0.39 is 0 Å². The summed E-state index contributed by atoms with van der Waals surface area (Å²) in [6.45, 7) is 4.75. The Morgan fingerprint density at radius 3 is 1.76 bits per heavy atom. The summed E-state index contributed by atoms with van der Waals surface area (Å²) in [5.41, 5.74) is 16.0. The molecule has 0 spiro atoms. The van der Waals surface area contributed by atoms with Crippen molar-refractivity contribution in [1.82, 2.24) is 0 Å². The highest BCUT2D eigenvalue weighted by molar-refractivity contribution is 6.08. The van der Waals surface area contributed by atoms with Gasteiger partial charge in [0.1, 0.15) is 0 Å². The molecule has 1 nitrogen and oxygen atoms in total. The summed E-state index contributed by atoms with van der Waals surface area (Å²) in [5, 5.41) is 2.55. The first-order chi connectivity index (χ1) is 26.4. The van der Waals surface area contributed by atoms with E-state index in [1.807, 2.05) is 0 Å². The van der Waals surface area contributed by atoms with Gasteiger partial charge in [0.15, 0.2) is 0 Å². The lowest BCUT2D eigenvalue weighted by molar-refractivity contribution is -0.00518. The van der Waals surface area contributed by atoms with E-state index in [0.717, 1.165) is 17.8 Å². The van der Waals surface area contributed by atoms with Crippen LogP contribution in [0.5, 0.6) is 0 Å². The monoisotopic (exact) mass is 697 g/mol. The molecule has 0 unspecified atom stereocenters. The number of fused-ring (bicyclic) bond motifs is 4. The number of benzene rings is 7. The van der Waals surface area contributed by atoms with E-state index >= 15 is 0 Å². The van der Waals surface area contributed by atoms with Crippen LogP contribution in [-0.2, 0) is 10.8 Å². The Kier molecular flexibility index (Phi) is 7.16. The zero-order valence-corrected chi connectivity index (χ0v) is 31.4. The summed E-state index contributed by atoms with van der Waals surface area (Å²) in [7, 11) is 0. The minimum absolute atomic E-state index is 0.0382. The van der Waals surface area contributed by atoms with E-state index in [1.165, 1.54) is 111 Å². The van der Waals surface area contributed by atoms with Gasteiger partial charge in [0.2, 0.25) is 0 Å². The summed E-state index contributed by atoms with van der Waals surface area (Å²) in [4.78, 5) is 2.54. The van der Waals surface area contributed by atoms with Gasteiger partial charge in [-0.15, -0.1) is 0 Å². The Labute approximate surface area is 320 Å². The smallest absolute Gasteiger partial charge is 0.0540 e. The Balaban J connectivity index is 1.11. The van der Waals surface area contributed by atoms with Gasteiger partial charge in [-0.1, -0.05) is 141 Å². The van der Waals surface area contributed by atoms with E-state index in [1.54, 1.807) is 5.56 Å². The molecule has 0 N–H and O–H groups in total. The molecule has 0 saturated heterocycles. The lowest BCUT2D eigenvalue weighted by Crippen LogP contribution is -2.48. The summed E-state index contributed by atoms with van der Waals surface area (Å²) in [5.74, 6) is 2.79. The zero-order valence-electron chi connectivity index (χ0n) is 31.4. The third kappa shape index (κ3) is 4.90. The number of rotatable bonds is 6. The van der Waals surface area contributed by atoms with Gasteiger partial charge in [-0.05, 0) is 147 Å². The van der Waals surface area contributed by atoms with E-state index in [-0.39, 0.29) is 5.41 Å². The molecule has 7 aromatic carbocycles. The maximum absolute atomic E-state index is 2.54. The molecular formula is C53H47N. The second-order valence-corrected chi connectivity index (χ2v) is 17.6. The molecule has 264 valence electrons. The lowest BCUT2D eigenvalue weighted by atomic mass is 9.48. The third-order valence-corrected chi connectivity index (χ3v) is 14.0. The van der Waals surface area contributed by atoms with Gasteiger partial charge in [-0.25, -0.2) is 0 Å². The normalized spacial score (nSPS) is 23.0. The van der Waals surface area contributed by atoms with E-state index in [9.17, 15) is 0 Å². The Hall–Kier alpha value is -5.40. The second-order valence-electron chi connectivity index (χ2n) is 17.6. The molecule has 12 rings (SSSR count). The molecule has 4 bridgehead atoms. The number of nitrogens with zero attached hydrogens (tertiary/aromatic N) is 1. The average molecular weight is 698 g/mol. The number of anilines is 3. The average Bonchev–Trinajstić information content (AvgIpc) is 3.43. The molecule has 0 radical (unpaired) electrons. The fourth-order valence-electron chi connectivity index (χ4n) is 12.0. The zero-order chi connectivity index (χ0) is 36.0. The summed E-state index contributed by atoms with van der Waals surface area (Å²) in [6, 6.07) is 59.6. The van der Waals surface area contributed by atoms with Crippen LogP contribution in [0, 0.1) is 17.8 Å². The first-order valence-electron chi connectivity index (χ1n) is 20.3. The van der Waals surface area contributed by atoms with Crippen molar-refractivity contribution < 1.29 is 0 Å². The van der Waals surface area contributed by atoms with Gasteiger partial charge in [0.05, 0.1) is 5.69 Å². The molecule has 0 aliphatic heterocycles. The van der Waals surface area contributed by atoms with Crippen molar-refractivity contribution in [1.29, 1.82) is 0 Å². The van der Waals surface area contributed by atoms with Gasteiger partial charge in [0, 0.05) is 22.4 Å². The van der Waals surface area contributed by atoms with Crippen LogP contribution < -0.4 is 4.90 Å². The molecule has 5 aliphatic rings. The quantitative estimate of drug-likeness (QED) is 0.167. The third-order valence-electron chi connectivity index (χ3n) is 14.0. The fraction of sp³-hybridized carbons (Fsp3) is 0.245. The molecule has 4 fully saturated rings. The highest BCUT2D eigenvalue weighted by Crippen LogP contribution is 2.61. The largest absolute Gasteiger partial charge is 0.310 e. The van der Waals surface area contributed by atoms with Gasteiger partial charge in [0.25, 0.3) is 0 Å². The molecule has 5 aliphatic carbocycles. The molecule has 4 saturated carbocycles. The lowest BCUT2D eigenvalue weighted by Gasteiger charge is -2.57. The highest BCUT2D eigenvalue weighted by Gasteiger charge is 2.51. The summed E-state index contributed by atoms with van der Waals surface area (Å²) in [6.07, 6.45) is 8.57. The predicted molar refractivity (Wildman–Crippen MR) is 227 cm³/mol. The van der Waals surface area contributed by atoms with Crippen molar-refractivity contribution in [3.05, 3.63) is 174 Å². The fourth-order valence-corrected chi connectivity index (χ4v) is 12.0. The van der Waals surface area contributed by atoms with Gasteiger partial charge in [-0.3, -0.25) is 0 Å². The molecule has 54 heavy (non-hydrogen) atoms. The van der Waals surface area contributed by atoms with Crippen LogP contribution in [0.4, 0.5) is 17.1 Å².